The third-order valence-electron chi connectivity index (χ3n) is 3.56. The van der Waals surface area contributed by atoms with Crippen LogP contribution in [0.1, 0.15) is 21.5 Å². The molecule has 0 bridgehead atoms. The normalized spacial score (nSPS) is 10.5. The fraction of sp³-hybridized carbons (Fsp3) is 0.111. The van der Waals surface area contributed by atoms with Crippen molar-refractivity contribution >= 4 is 11.6 Å². The number of anilines is 1. The molecule has 1 aromatic heterocycles. The molecule has 0 fully saturated rings. The molecule has 1 amide bonds. The van der Waals surface area contributed by atoms with Crippen molar-refractivity contribution in [2.24, 2.45) is 0 Å². The van der Waals surface area contributed by atoms with Gasteiger partial charge in [0, 0.05) is 29.3 Å². The van der Waals surface area contributed by atoms with Crippen LogP contribution in [0.3, 0.4) is 0 Å². The van der Waals surface area contributed by atoms with Crippen molar-refractivity contribution in [3.8, 4) is 5.69 Å². The van der Waals surface area contributed by atoms with E-state index in [4.69, 9.17) is 0 Å². The molecule has 0 aliphatic carbocycles. The summed E-state index contributed by atoms with van der Waals surface area (Å²) in [5.41, 5.74) is 4.68. The Hall–Kier alpha value is -2.88. The van der Waals surface area contributed by atoms with Crippen LogP contribution in [-0.2, 0) is 0 Å². The summed E-state index contributed by atoms with van der Waals surface area (Å²) < 4.78 is 1.89. The van der Waals surface area contributed by atoms with E-state index >= 15 is 0 Å². The minimum atomic E-state index is -0.107. The summed E-state index contributed by atoms with van der Waals surface area (Å²) in [5, 5.41) is 2.95. The molecule has 0 unspecified atom stereocenters. The number of imidazole rings is 1. The van der Waals surface area contributed by atoms with E-state index in [0.29, 0.717) is 5.56 Å². The summed E-state index contributed by atoms with van der Waals surface area (Å²) in [5.74, 6) is -0.107. The van der Waals surface area contributed by atoms with E-state index in [0.717, 1.165) is 16.9 Å². The Morgan fingerprint density at radius 3 is 2.50 bits per heavy atom. The molecule has 0 saturated carbocycles. The van der Waals surface area contributed by atoms with Crippen LogP contribution in [0.15, 0.2) is 61.2 Å². The molecule has 1 heterocycles. The lowest BCUT2D eigenvalue weighted by molar-refractivity contribution is 0.102. The highest BCUT2D eigenvalue weighted by Gasteiger charge is 2.08. The highest BCUT2D eigenvalue weighted by atomic mass is 16.1. The first kappa shape index (κ1) is 14.1. The minimum absolute atomic E-state index is 0.107. The average molecular weight is 291 g/mol. The number of carbonyl (C=O) groups is 1. The van der Waals surface area contributed by atoms with E-state index in [9.17, 15) is 4.79 Å². The van der Waals surface area contributed by atoms with Crippen molar-refractivity contribution in [1.29, 1.82) is 0 Å². The number of aryl methyl sites for hydroxylation is 2. The number of amides is 1. The van der Waals surface area contributed by atoms with Gasteiger partial charge < -0.3 is 9.88 Å². The van der Waals surface area contributed by atoms with Crippen molar-refractivity contribution in [1.82, 2.24) is 9.55 Å². The average Bonchev–Trinajstić information content (AvgIpc) is 3.04. The SMILES string of the molecule is Cc1ccc(NC(=O)c2ccc(-n3ccnc3)cc2)c(C)c1. The lowest BCUT2D eigenvalue weighted by Crippen LogP contribution is -2.12. The summed E-state index contributed by atoms with van der Waals surface area (Å²) in [4.78, 5) is 16.3. The Balaban J connectivity index is 1.77. The summed E-state index contributed by atoms with van der Waals surface area (Å²) in [7, 11) is 0. The van der Waals surface area contributed by atoms with Crippen molar-refractivity contribution in [2.45, 2.75) is 13.8 Å². The van der Waals surface area contributed by atoms with E-state index in [1.54, 1.807) is 12.5 Å². The zero-order valence-electron chi connectivity index (χ0n) is 12.6. The Kier molecular flexibility index (Phi) is 3.74. The van der Waals surface area contributed by atoms with Gasteiger partial charge in [0.25, 0.3) is 5.91 Å². The van der Waals surface area contributed by atoms with Gasteiger partial charge in [0.2, 0.25) is 0 Å². The maximum absolute atomic E-state index is 12.3. The second-order valence-electron chi connectivity index (χ2n) is 5.29. The lowest BCUT2D eigenvalue weighted by Gasteiger charge is -2.10. The standard InChI is InChI=1S/C18H17N3O/c1-13-3-8-17(14(2)11-13)20-18(22)15-4-6-16(7-5-15)21-10-9-19-12-21/h3-12H,1-2H3,(H,20,22). The predicted octanol–water partition coefficient (Wildman–Crippen LogP) is 3.74. The highest BCUT2D eigenvalue weighted by Crippen LogP contribution is 2.17. The summed E-state index contributed by atoms with van der Waals surface area (Å²) in [6.45, 7) is 4.03. The van der Waals surface area contributed by atoms with E-state index in [1.807, 2.05) is 61.0 Å². The fourth-order valence-electron chi connectivity index (χ4n) is 2.35. The molecule has 0 aliphatic heterocycles. The summed E-state index contributed by atoms with van der Waals surface area (Å²) in [6, 6.07) is 13.4. The largest absolute Gasteiger partial charge is 0.322 e. The number of nitrogens with one attached hydrogen (secondary N) is 1. The molecule has 0 spiro atoms. The Bertz CT molecular complexity index is 790. The third kappa shape index (κ3) is 2.91. The van der Waals surface area contributed by atoms with Crippen LogP contribution in [0.4, 0.5) is 5.69 Å². The first-order valence-electron chi connectivity index (χ1n) is 7.10. The molecule has 22 heavy (non-hydrogen) atoms. The van der Waals surface area contributed by atoms with Gasteiger partial charge in [-0.1, -0.05) is 17.7 Å². The molecule has 110 valence electrons. The van der Waals surface area contributed by atoms with Crippen molar-refractivity contribution in [2.75, 3.05) is 5.32 Å². The van der Waals surface area contributed by atoms with Crippen LogP contribution in [-0.4, -0.2) is 15.5 Å². The molecule has 0 aliphatic rings. The zero-order chi connectivity index (χ0) is 15.5. The molecule has 4 nitrogen and oxygen atoms in total. The van der Waals surface area contributed by atoms with Crippen LogP contribution in [0.25, 0.3) is 5.69 Å². The number of hydrogen-bond donors (Lipinski definition) is 1. The predicted molar refractivity (Wildman–Crippen MR) is 87.4 cm³/mol. The molecular weight excluding hydrogens is 274 g/mol. The van der Waals surface area contributed by atoms with Gasteiger partial charge in [-0.25, -0.2) is 4.98 Å². The lowest BCUT2D eigenvalue weighted by atomic mass is 10.1. The van der Waals surface area contributed by atoms with Crippen molar-refractivity contribution in [3.63, 3.8) is 0 Å². The summed E-state index contributed by atoms with van der Waals surface area (Å²) >= 11 is 0. The number of benzene rings is 2. The second-order valence-corrected chi connectivity index (χ2v) is 5.29. The zero-order valence-corrected chi connectivity index (χ0v) is 12.6. The van der Waals surface area contributed by atoms with Crippen LogP contribution >= 0.6 is 0 Å². The van der Waals surface area contributed by atoms with Crippen LogP contribution in [0.5, 0.6) is 0 Å². The second kappa shape index (κ2) is 5.85. The molecule has 0 saturated heterocycles. The Labute approximate surface area is 129 Å². The van der Waals surface area contributed by atoms with E-state index < -0.39 is 0 Å². The maximum Gasteiger partial charge on any atom is 0.255 e. The Morgan fingerprint density at radius 1 is 1.09 bits per heavy atom. The number of carbonyl (C=O) groups excluding carboxylic acids is 1. The molecule has 3 aromatic rings. The van der Waals surface area contributed by atoms with Gasteiger partial charge in [0.15, 0.2) is 0 Å². The van der Waals surface area contributed by atoms with E-state index in [-0.39, 0.29) is 5.91 Å². The molecular formula is C18H17N3O. The van der Waals surface area contributed by atoms with Gasteiger partial charge >= 0.3 is 0 Å². The van der Waals surface area contributed by atoms with E-state index in [1.165, 1.54) is 5.56 Å². The van der Waals surface area contributed by atoms with Crippen LogP contribution in [0.2, 0.25) is 0 Å². The fourth-order valence-corrected chi connectivity index (χ4v) is 2.35. The van der Waals surface area contributed by atoms with Crippen molar-refractivity contribution in [3.05, 3.63) is 77.9 Å². The van der Waals surface area contributed by atoms with Gasteiger partial charge in [0.1, 0.15) is 0 Å². The summed E-state index contributed by atoms with van der Waals surface area (Å²) in [6.07, 6.45) is 5.32. The first-order chi connectivity index (χ1) is 10.6. The molecule has 3 rings (SSSR count). The molecule has 2 aromatic carbocycles. The van der Waals surface area contributed by atoms with Gasteiger partial charge in [0.05, 0.1) is 6.33 Å². The van der Waals surface area contributed by atoms with Gasteiger partial charge in [-0.05, 0) is 49.7 Å². The third-order valence-corrected chi connectivity index (χ3v) is 3.56. The molecule has 1 N–H and O–H groups in total. The van der Waals surface area contributed by atoms with Crippen LogP contribution < -0.4 is 5.32 Å². The first-order valence-corrected chi connectivity index (χ1v) is 7.10. The van der Waals surface area contributed by atoms with Gasteiger partial charge in [-0.2, -0.15) is 0 Å². The quantitative estimate of drug-likeness (QED) is 0.799. The van der Waals surface area contributed by atoms with E-state index in [2.05, 4.69) is 16.4 Å². The number of rotatable bonds is 3. The minimum Gasteiger partial charge on any atom is -0.322 e. The van der Waals surface area contributed by atoms with Gasteiger partial charge in [-0.3, -0.25) is 4.79 Å². The number of aromatic nitrogens is 2. The smallest absolute Gasteiger partial charge is 0.255 e. The maximum atomic E-state index is 12.3. The van der Waals surface area contributed by atoms with Crippen LogP contribution in [0, 0.1) is 13.8 Å². The van der Waals surface area contributed by atoms with Gasteiger partial charge in [-0.15, -0.1) is 0 Å². The molecule has 0 atom stereocenters. The Morgan fingerprint density at radius 2 is 1.86 bits per heavy atom. The number of hydrogen-bond acceptors (Lipinski definition) is 2. The monoisotopic (exact) mass is 291 g/mol. The molecule has 0 radical (unpaired) electrons. The molecule has 4 heteroatoms. The number of nitrogens with zero attached hydrogens (tertiary/aromatic N) is 2. The highest BCUT2D eigenvalue weighted by molar-refractivity contribution is 6.04. The van der Waals surface area contributed by atoms with Crippen molar-refractivity contribution < 1.29 is 4.79 Å². The topological polar surface area (TPSA) is 46.9 Å².